The van der Waals surface area contributed by atoms with Crippen molar-refractivity contribution in [3.8, 4) is 0 Å². The monoisotopic (exact) mass is 396 g/mol. The first-order valence-electron chi connectivity index (χ1n) is 9.05. The molecule has 1 aromatic heterocycles. The van der Waals surface area contributed by atoms with Crippen LogP contribution in [0.15, 0.2) is 48.5 Å². The topological polar surface area (TPSA) is 29.5 Å². The molecule has 0 saturated heterocycles. The summed E-state index contributed by atoms with van der Waals surface area (Å²) in [6.07, 6.45) is 0. The molecular weight excluding hydrogens is 375 g/mol. The summed E-state index contributed by atoms with van der Waals surface area (Å²) >= 11 is 8.34. The number of rotatable bonds is 4. The van der Waals surface area contributed by atoms with E-state index in [9.17, 15) is 5.11 Å². The standard InChI is InChI=1S/C22H22BClO2S/c1-21(2,25)22(3,4)26-23-15-11-17-16-9-13-7-5-6-8-14(13)10-19(16)27-20(17)18(24)12-15/h5-12,23,25H,1-4H3. The second-order valence-corrected chi connectivity index (χ2v) is 9.57. The molecule has 4 aromatic rings. The van der Waals surface area contributed by atoms with Gasteiger partial charge in [-0.25, -0.2) is 0 Å². The second kappa shape index (κ2) is 6.49. The Balaban J connectivity index is 1.80. The summed E-state index contributed by atoms with van der Waals surface area (Å²) in [5.41, 5.74) is -0.589. The molecule has 0 radical (unpaired) electrons. The average Bonchev–Trinajstić information content (AvgIpc) is 2.95. The molecule has 0 fully saturated rings. The minimum atomic E-state index is -0.936. The van der Waals surface area contributed by atoms with E-state index in [2.05, 4.69) is 42.5 Å². The maximum absolute atomic E-state index is 10.3. The van der Waals surface area contributed by atoms with Gasteiger partial charge in [-0.3, -0.25) is 0 Å². The summed E-state index contributed by atoms with van der Waals surface area (Å²) in [6, 6.07) is 17.0. The number of hydrogen-bond donors (Lipinski definition) is 1. The third-order valence-corrected chi connectivity index (χ3v) is 7.14. The fourth-order valence-electron chi connectivity index (χ4n) is 3.10. The number of aliphatic hydroxyl groups is 1. The van der Waals surface area contributed by atoms with Gasteiger partial charge in [-0.15, -0.1) is 11.3 Å². The third kappa shape index (κ3) is 3.36. The maximum Gasteiger partial charge on any atom is 0.309 e. The van der Waals surface area contributed by atoms with Gasteiger partial charge in [0.05, 0.1) is 20.9 Å². The molecule has 1 N–H and O–H groups in total. The lowest BCUT2D eigenvalue weighted by Gasteiger charge is -2.37. The van der Waals surface area contributed by atoms with Gasteiger partial charge in [-0.2, -0.15) is 0 Å². The summed E-state index contributed by atoms with van der Waals surface area (Å²) in [5.74, 6) is 0. The van der Waals surface area contributed by atoms with Crippen molar-refractivity contribution in [3.63, 3.8) is 0 Å². The third-order valence-electron chi connectivity index (χ3n) is 5.53. The summed E-state index contributed by atoms with van der Waals surface area (Å²) in [7, 11) is 0.400. The van der Waals surface area contributed by atoms with Gasteiger partial charge < -0.3 is 9.76 Å². The largest absolute Gasteiger partial charge is 0.427 e. The molecule has 0 aliphatic carbocycles. The van der Waals surface area contributed by atoms with E-state index in [1.54, 1.807) is 25.2 Å². The van der Waals surface area contributed by atoms with Crippen molar-refractivity contribution in [2.24, 2.45) is 0 Å². The molecule has 0 aliphatic heterocycles. The Labute approximate surface area is 169 Å². The predicted molar refractivity (Wildman–Crippen MR) is 120 cm³/mol. The van der Waals surface area contributed by atoms with Crippen LogP contribution in [0.25, 0.3) is 30.9 Å². The SMILES string of the molecule is CC(C)(O)C(C)(C)OBc1cc(Cl)c2sc3cc4ccccc4cc3c2c1. The molecule has 4 rings (SSSR count). The molecule has 0 amide bonds. The van der Waals surface area contributed by atoms with Crippen LogP contribution in [0.5, 0.6) is 0 Å². The highest BCUT2D eigenvalue weighted by molar-refractivity contribution is 7.26. The van der Waals surface area contributed by atoms with E-state index in [0.717, 1.165) is 20.6 Å². The van der Waals surface area contributed by atoms with Crippen molar-refractivity contribution < 1.29 is 9.76 Å². The van der Waals surface area contributed by atoms with E-state index in [1.807, 2.05) is 19.9 Å². The molecule has 2 nitrogen and oxygen atoms in total. The first kappa shape index (κ1) is 18.8. The zero-order valence-corrected chi connectivity index (χ0v) is 17.5. The van der Waals surface area contributed by atoms with Gasteiger partial charge in [-0.05, 0) is 56.7 Å². The Morgan fingerprint density at radius 1 is 0.963 bits per heavy atom. The summed E-state index contributed by atoms with van der Waals surface area (Å²) < 4.78 is 8.38. The highest BCUT2D eigenvalue weighted by Crippen LogP contribution is 2.39. The van der Waals surface area contributed by atoms with Crippen molar-refractivity contribution >= 4 is 66.8 Å². The summed E-state index contributed by atoms with van der Waals surface area (Å²) in [4.78, 5) is 0. The normalized spacial score (nSPS) is 13.0. The molecule has 0 aliphatic rings. The van der Waals surface area contributed by atoms with Crippen LogP contribution in [-0.2, 0) is 4.65 Å². The smallest absolute Gasteiger partial charge is 0.309 e. The average molecular weight is 397 g/mol. The van der Waals surface area contributed by atoms with Crippen molar-refractivity contribution in [1.29, 1.82) is 0 Å². The van der Waals surface area contributed by atoms with Crippen molar-refractivity contribution in [2.45, 2.75) is 38.9 Å². The molecule has 0 bridgehead atoms. The van der Waals surface area contributed by atoms with E-state index in [-0.39, 0.29) is 0 Å². The number of thiophene rings is 1. The minimum absolute atomic E-state index is 0.400. The Morgan fingerprint density at radius 2 is 1.63 bits per heavy atom. The van der Waals surface area contributed by atoms with Gasteiger partial charge in [0.1, 0.15) is 0 Å². The fourth-order valence-corrected chi connectivity index (χ4v) is 4.58. The van der Waals surface area contributed by atoms with Gasteiger partial charge in [0, 0.05) is 15.5 Å². The quantitative estimate of drug-likeness (QED) is 0.468. The number of fused-ring (bicyclic) bond motifs is 4. The van der Waals surface area contributed by atoms with Gasteiger partial charge in [-0.1, -0.05) is 47.4 Å². The lowest BCUT2D eigenvalue weighted by molar-refractivity contribution is -0.0893. The van der Waals surface area contributed by atoms with E-state index >= 15 is 0 Å². The first-order valence-corrected chi connectivity index (χ1v) is 10.2. The zero-order valence-electron chi connectivity index (χ0n) is 16.0. The number of hydrogen-bond acceptors (Lipinski definition) is 3. The maximum atomic E-state index is 10.3. The number of halogens is 1. The van der Waals surface area contributed by atoms with Gasteiger partial charge >= 0.3 is 7.48 Å². The molecule has 1 heterocycles. The molecule has 0 unspecified atom stereocenters. The summed E-state index contributed by atoms with van der Waals surface area (Å²) in [6.45, 7) is 7.33. The molecule has 0 saturated carbocycles. The van der Waals surface area contributed by atoms with E-state index in [4.69, 9.17) is 16.3 Å². The molecule has 138 valence electrons. The van der Waals surface area contributed by atoms with E-state index in [1.165, 1.54) is 20.9 Å². The molecule has 0 atom stereocenters. The van der Waals surface area contributed by atoms with Gasteiger partial charge in [0.15, 0.2) is 0 Å². The van der Waals surface area contributed by atoms with Gasteiger partial charge in [0.25, 0.3) is 0 Å². The van der Waals surface area contributed by atoms with Crippen LogP contribution in [0.4, 0.5) is 0 Å². The second-order valence-electron chi connectivity index (χ2n) is 8.11. The minimum Gasteiger partial charge on any atom is -0.427 e. The molecule has 5 heteroatoms. The van der Waals surface area contributed by atoms with Crippen LogP contribution in [0.2, 0.25) is 5.02 Å². The Kier molecular flexibility index (Phi) is 4.51. The molecule has 0 spiro atoms. The van der Waals surface area contributed by atoms with Crippen LogP contribution >= 0.6 is 22.9 Å². The highest BCUT2D eigenvalue weighted by atomic mass is 35.5. The van der Waals surface area contributed by atoms with Crippen LogP contribution < -0.4 is 5.46 Å². The van der Waals surface area contributed by atoms with E-state index < -0.39 is 11.2 Å². The van der Waals surface area contributed by atoms with Crippen molar-refractivity contribution in [2.75, 3.05) is 0 Å². The predicted octanol–water partition coefficient (Wildman–Crippen LogP) is 5.40. The summed E-state index contributed by atoms with van der Waals surface area (Å²) in [5, 5.41) is 15.9. The first-order chi connectivity index (χ1) is 12.7. The Bertz CT molecular complexity index is 1160. The van der Waals surface area contributed by atoms with Gasteiger partial charge in [0.2, 0.25) is 0 Å². The Hall–Kier alpha value is -1.59. The fraction of sp³-hybridized carbons (Fsp3) is 0.273. The molecule has 3 aromatic carbocycles. The van der Waals surface area contributed by atoms with Crippen LogP contribution in [-0.4, -0.2) is 23.8 Å². The highest BCUT2D eigenvalue weighted by Gasteiger charge is 2.35. The van der Waals surface area contributed by atoms with Crippen LogP contribution in [0, 0.1) is 0 Å². The van der Waals surface area contributed by atoms with Crippen molar-refractivity contribution in [3.05, 3.63) is 53.6 Å². The molecular formula is C22H22BClO2S. The Morgan fingerprint density at radius 3 is 2.30 bits per heavy atom. The van der Waals surface area contributed by atoms with Crippen LogP contribution in [0.1, 0.15) is 27.7 Å². The lowest BCUT2D eigenvalue weighted by Crippen LogP contribution is -2.49. The molecule has 27 heavy (non-hydrogen) atoms. The van der Waals surface area contributed by atoms with E-state index in [0.29, 0.717) is 7.48 Å². The number of benzene rings is 3. The zero-order chi connectivity index (χ0) is 19.4. The van der Waals surface area contributed by atoms with Crippen molar-refractivity contribution in [1.82, 2.24) is 0 Å². The van der Waals surface area contributed by atoms with Crippen LogP contribution in [0.3, 0.4) is 0 Å². The lowest BCUT2D eigenvalue weighted by atomic mass is 9.82.